The fourth-order valence-corrected chi connectivity index (χ4v) is 3.21. The molecule has 0 spiro atoms. The molecule has 0 aromatic rings. The SMILES string of the molecule is CC1=C2C(=O)OC(=O)C2CC(C2CC(=O)OC2=O)C1. The summed E-state index contributed by atoms with van der Waals surface area (Å²) >= 11 is 0. The summed E-state index contributed by atoms with van der Waals surface area (Å²) in [5.74, 6) is -3.41. The lowest BCUT2D eigenvalue weighted by molar-refractivity contribution is -0.155. The normalized spacial score (nSPS) is 34.5. The Morgan fingerprint density at radius 3 is 2.37 bits per heavy atom. The van der Waals surface area contributed by atoms with Crippen LogP contribution >= 0.6 is 0 Å². The first-order valence-electron chi connectivity index (χ1n) is 6.17. The standard InChI is InChI=1S/C13H12O6/c1-5-2-6(7-4-9(14)18-11(7)15)3-8-10(5)13(17)19-12(8)16/h6-8H,2-4H2,1H3. The van der Waals surface area contributed by atoms with Crippen molar-refractivity contribution in [2.75, 3.05) is 0 Å². The fraction of sp³-hybridized carbons (Fsp3) is 0.538. The van der Waals surface area contributed by atoms with E-state index >= 15 is 0 Å². The van der Waals surface area contributed by atoms with E-state index in [4.69, 9.17) is 0 Å². The highest BCUT2D eigenvalue weighted by Gasteiger charge is 2.48. The van der Waals surface area contributed by atoms with Crippen LogP contribution in [-0.2, 0) is 28.7 Å². The monoisotopic (exact) mass is 264 g/mol. The van der Waals surface area contributed by atoms with Gasteiger partial charge in [-0.3, -0.25) is 14.4 Å². The largest absolute Gasteiger partial charge is 0.393 e. The number of carbonyl (C=O) groups excluding carboxylic acids is 4. The smallest absolute Gasteiger partial charge is 0.342 e. The molecule has 6 nitrogen and oxygen atoms in total. The number of hydrogen-bond donors (Lipinski definition) is 0. The average molecular weight is 264 g/mol. The number of allylic oxidation sites excluding steroid dienone is 1. The second-order valence-corrected chi connectivity index (χ2v) is 5.26. The minimum Gasteiger partial charge on any atom is -0.393 e. The first kappa shape index (κ1) is 12.1. The van der Waals surface area contributed by atoms with Gasteiger partial charge in [-0.25, -0.2) is 4.79 Å². The van der Waals surface area contributed by atoms with Gasteiger partial charge in [0, 0.05) is 0 Å². The van der Waals surface area contributed by atoms with Crippen LogP contribution in [0, 0.1) is 17.8 Å². The highest BCUT2D eigenvalue weighted by molar-refractivity contribution is 6.08. The lowest BCUT2D eigenvalue weighted by Crippen LogP contribution is -2.28. The Morgan fingerprint density at radius 2 is 1.74 bits per heavy atom. The van der Waals surface area contributed by atoms with Gasteiger partial charge in [-0.1, -0.05) is 5.57 Å². The Hall–Kier alpha value is -1.98. The summed E-state index contributed by atoms with van der Waals surface area (Å²) in [6, 6.07) is 0. The molecule has 2 heterocycles. The summed E-state index contributed by atoms with van der Waals surface area (Å²) in [7, 11) is 0. The van der Waals surface area contributed by atoms with Gasteiger partial charge in [0.15, 0.2) is 0 Å². The molecule has 0 saturated carbocycles. The van der Waals surface area contributed by atoms with Crippen LogP contribution in [0.25, 0.3) is 0 Å². The van der Waals surface area contributed by atoms with Crippen LogP contribution in [-0.4, -0.2) is 23.9 Å². The van der Waals surface area contributed by atoms with Crippen molar-refractivity contribution in [2.45, 2.75) is 26.2 Å². The van der Waals surface area contributed by atoms with Crippen molar-refractivity contribution >= 4 is 23.9 Å². The predicted molar refractivity (Wildman–Crippen MR) is 59.2 cm³/mol. The van der Waals surface area contributed by atoms with Crippen LogP contribution in [0.3, 0.4) is 0 Å². The van der Waals surface area contributed by atoms with Gasteiger partial charge in [0.1, 0.15) is 0 Å². The van der Waals surface area contributed by atoms with Crippen LogP contribution in [0.4, 0.5) is 0 Å². The Bertz CT molecular complexity index is 543. The first-order chi connectivity index (χ1) is 8.97. The Morgan fingerprint density at radius 1 is 1.00 bits per heavy atom. The predicted octanol–water partition coefficient (Wildman–Crippen LogP) is 0.502. The van der Waals surface area contributed by atoms with E-state index in [0.29, 0.717) is 18.4 Å². The molecule has 2 saturated heterocycles. The van der Waals surface area contributed by atoms with E-state index in [9.17, 15) is 19.2 Å². The number of ether oxygens (including phenoxy) is 2. The maximum atomic E-state index is 11.6. The summed E-state index contributed by atoms with van der Waals surface area (Å²) in [4.78, 5) is 45.9. The molecule has 0 aromatic heterocycles. The third-order valence-corrected chi connectivity index (χ3v) is 4.09. The molecular formula is C13H12O6. The second kappa shape index (κ2) is 4.01. The highest BCUT2D eigenvalue weighted by atomic mass is 16.6. The van der Waals surface area contributed by atoms with Crippen LogP contribution in [0.1, 0.15) is 26.2 Å². The van der Waals surface area contributed by atoms with Crippen molar-refractivity contribution in [1.82, 2.24) is 0 Å². The third kappa shape index (κ3) is 1.78. The number of cyclic esters (lactones) is 4. The zero-order chi connectivity index (χ0) is 13.7. The molecule has 0 amide bonds. The number of hydrogen-bond acceptors (Lipinski definition) is 6. The molecule has 6 heteroatoms. The van der Waals surface area contributed by atoms with Crippen molar-refractivity contribution in [2.24, 2.45) is 17.8 Å². The Kier molecular flexibility index (Phi) is 2.55. The van der Waals surface area contributed by atoms with Crippen LogP contribution in [0.15, 0.2) is 11.1 Å². The maximum absolute atomic E-state index is 11.6. The topological polar surface area (TPSA) is 86.7 Å². The average Bonchev–Trinajstić information content (AvgIpc) is 2.80. The summed E-state index contributed by atoms with van der Waals surface area (Å²) < 4.78 is 9.16. The second-order valence-electron chi connectivity index (χ2n) is 5.26. The number of carbonyl (C=O) groups is 4. The molecule has 0 aromatic carbocycles. The van der Waals surface area contributed by atoms with Crippen molar-refractivity contribution in [1.29, 1.82) is 0 Å². The molecule has 19 heavy (non-hydrogen) atoms. The van der Waals surface area contributed by atoms with E-state index in [0.717, 1.165) is 5.57 Å². The fourth-order valence-electron chi connectivity index (χ4n) is 3.21. The van der Waals surface area contributed by atoms with Gasteiger partial charge >= 0.3 is 23.9 Å². The van der Waals surface area contributed by atoms with Gasteiger partial charge in [0.05, 0.1) is 23.8 Å². The summed E-state index contributed by atoms with van der Waals surface area (Å²) in [5.41, 5.74) is 1.20. The Labute approximate surface area is 108 Å². The molecular weight excluding hydrogens is 252 g/mol. The lowest BCUT2D eigenvalue weighted by Gasteiger charge is -2.27. The van der Waals surface area contributed by atoms with Crippen LogP contribution < -0.4 is 0 Å². The minimum atomic E-state index is -0.588. The Balaban J connectivity index is 1.88. The first-order valence-corrected chi connectivity index (χ1v) is 6.17. The number of esters is 4. The summed E-state index contributed by atoms with van der Waals surface area (Å²) in [6.07, 6.45) is 0.938. The molecule has 3 aliphatic rings. The number of fused-ring (bicyclic) bond motifs is 1. The van der Waals surface area contributed by atoms with Crippen LogP contribution in [0.5, 0.6) is 0 Å². The van der Waals surface area contributed by atoms with Crippen LogP contribution in [0.2, 0.25) is 0 Å². The van der Waals surface area contributed by atoms with E-state index < -0.39 is 35.7 Å². The zero-order valence-corrected chi connectivity index (χ0v) is 10.3. The summed E-state index contributed by atoms with van der Waals surface area (Å²) in [5, 5.41) is 0. The molecule has 0 radical (unpaired) electrons. The number of rotatable bonds is 1. The molecule has 3 unspecified atom stereocenters. The van der Waals surface area contributed by atoms with Crippen molar-refractivity contribution in [3.05, 3.63) is 11.1 Å². The van der Waals surface area contributed by atoms with E-state index in [-0.39, 0.29) is 12.3 Å². The summed E-state index contributed by atoms with van der Waals surface area (Å²) in [6.45, 7) is 1.76. The molecule has 3 atom stereocenters. The minimum absolute atomic E-state index is 0.0574. The molecule has 0 bridgehead atoms. The zero-order valence-electron chi connectivity index (χ0n) is 10.3. The molecule has 2 aliphatic heterocycles. The van der Waals surface area contributed by atoms with Crippen molar-refractivity contribution in [3.63, 3.8) is 0 Å². The van der Waals surface area contributed by atoms with E-state index in [1.807, 2.05) is 0 Å². The maximum Gasteiger partial charge on any atom is 0.342 e. The molecule has 1 aliphatic carbocycles. The molecule has 100 valence electrons. The van der Waals surface area contributed by atoms with Gasteiger partial charge in [0.2, 0.25) is 0 Å². The van der Waals surface area contributed by atoms with Gasteiger partial charge in [0.25, 0.3) is 0 Å². The molecule has 0 N–H and O–H groups in total. The van der Waals surface area contributed by atoms with Gasteiger partial charge < -0.3 is 9.47 Å². The van der Waals surface area contributed by atoms with E-state index in [1.165, 1.54) is 0 Å². The van der Waals surface area contributed by atoms with Gasteiger partial charge in [-0.15, -0.1) is 0 Å². The lowest BCUT2D eigenvalue weighted by atomic mass is 9.72. The van der Waals surface area contributed by atoms with Crippen molar-refractivity contribution < 1.29 is 28.7 Å². The quantitative estimate of drug-likeness (QED) is 0.506. The van der Waals surface area contributed by atoms with E-state index in [1.54, 1.807) is 6.92 Å². The van der Waals surface area contributed by atoms with Gasteiger partial charge in [-0.2, -0.15) is 0 Å². The van der Waals surface area contributed by atoms with Gasteiger partial charge in [-0.05, 0) is 25.7 Å². The molecule has 3 rings (SSSR count). The highest BCUT2D eigenvalue weighted by Crippen LogP contribution is 2.43. The van der Waals surface area contributed by atoms with Crippen molar-refractivity contribution in [3.8, 4) is 0 Å². The molecule has 2 fully saturated rings. The van der Waals surface area contributed by atoms with E-state index in [2.05, 4.69) is 9.47 Å². The third-order valence-electron chi connectivity index (χ3n) is 4.09.